The summed E-state index contributed by atoms with van der Waals surface area (Å²) in [4.78, 5) is 19.8. The van der Waals surface area contributed by atoms with Crippen molar-refractivity contribution in [2.75, 3.05) is 0 Å². The predicted molar refractivity (Wildman–Crippen MR) is 160 cm³/mol. The van der Waals surface area contributed by atoms with Crippen molar-refractivity contribution in [3.63, 3.8) is 0 Å². The fourth-order valence-electron chi connectivity index (χ4n) is 4.82. The second-order valence-corrected chi connectivity index (χ2v) is 11.2. The van der Waals surface area contributed by atoms with E-state index in [0.717, 1.165) is 28.8 Å². The average Bonchev–Trinajstić information content (AvgIpc) is 3.47. The number of hydrogen-bond donors (Lipinski definition) is 1. The van der Waals surface area contributed by atoms with Crippen molar-refractivity contribution in [3.8, 4) is 0 Å². The van der Waals surface area contributed by atoms with Gasteiger partial charge in [-0.1, -0.05) is 91.0 Å². The number of rotatable bonds is 11. The fraction of sp³-hybridized carbons (Fsp3) is 0.176. The van der Waals surface area contributed by atoms with E-state index in [0.29, 0.717) is 23.5 Å². The smallest absolute Gasteiger partial charge is 0.344 e. The van der Waals surface area contributed by atoms with Gasteiger partial charge in [-0.2, -0.15) is 13.2 Å². The number of halogens is 4. The molecule has 1 N–H and O–H groups in total. The van der Waals surface area contributed by atoms with E-state index >= 15 is 0 Å². The summed E-state index contributed by atoms with van der Waals surface area (Å²) in [5, 5.41) is 5.45. The Morgan fingerprint density at radius 2 is 1.44 bits per heavy atom. The van der Waals surface area contributed by atoms with Crippen LogP contribution in [0.1, 0.15) is 49.4 Å². The summed E-state index contributed by atoms with van der Waals surface area (Å²) in [5.74, 6) is -0.680. The number of alkyl halides is 3. The Balaban J connectivity index is 1.33. The van der Waals surface area contributed by atoms with Crippen LogP contribution in [0.3, 0.4) is 0 Å². The van der Waals surface area contributed by atoms with Gasteiger partial charge >= 0.3 is 6.18 Å². The summed E-state index contributed by atoms with van der Waals surface area (Å²) in [5.41, 5.74) is 2.90. The zero-order chi connectivity index (χ0) is 30.2. The van der Waals surface area contributed by atoms with Crippen LogP contribution in [-0.2, 0) is 32.2 Å². The Labute approximate surface area is 251 Å². The third-order valence-electron chi connectivity index (χ3n) is 6.91. The molecule has 4 nitrogen and oxygen atoms in total. The number of amides is 1. The number of carbonyl (C=O) groups excluding carboxylic acids is 1. The van der Waals surface area contributed by atoms with Gasteiger partial charge in [0.1, 0.15) is 16.5 Å². The quantitative estimate of drug-likeness (QED) is 0.155. The third kappa shape index (κ3) is 8.59. The van der Waals surface area contributed by atoms with Crippen molar-refractivity contribution < 1.29 is 22.4 Å². The number of benzene rings is 4. The van der Waals surface area contributed by atoms with Crippen LogP contribution in [0.5, 0.6) is 0 Å². The molecule has 220 valence electrons. The lowest BCUT2D eigenvalue weighted by atomic mass is 9.99. The minimum atomic E-state index is -4.45. The molecular formula is C34H29F4N3OS. The van der Waals surface area contributed by atoms with Crippen molar-refractivity contribution >= 4 is 17.2 Å². The fourth-order valence-corrected chi connectivity index (χ4v) is 5.63. The van der Waals surface area contributed by atoms with Gasteiger partial charge in [0, 0.05) is 18.5 Å². The highest BCUT2D eigenvalue weighted by molar-refractivity contribution is 7.09. The summed E-state index contributed by atoms with van der Waals surface area (Å²) in [6, 6.07) is 30.6. The van der Waals surface area contributed by atoms with Crippen molar-refractivity contribution in [1.82, 2.24) is 15.2 Å². The summed E-state index contributed by atoms with van der Waals surface area (Å²) in [7, 11) is 0. The Hall–Kier alpha value is -4.34. The van der Waals surface area contributed by atoms with Crippen LogP contribution in [0.25, 0.3) is 0 Å². The number of carbonyl (C=O) groups is 1. The van der Waals surface area contributed by atoms with Crippen LogP contribution < -0.4 is 5.32 Å². The van der Waals surface area contributed by atoms with Gasteiger partial charge in [-0.25, -0.2) is 9.37 Å². The van der Waals surface area contributed by atoms with Crippen LogP contribution in [0.15, 0.2) is 115 Å². The highest BCUT2D eigenvalue weighted by Gasteiger charge is 2.30. The van der Waals surface area contributed by atoms with Gasteiger partial charge < -0.3 is 5.32 Å². The lowest BCUT2D eigenvalue weighted by molar-refractivity contribution is -0.137. The zero-order valence-electron chi connectivity index (χ0n) is 23.1. The lowest BCUT2D eigenvalue weighted by Crippen LogP contribution is -2.30. The molecule has 1 heterocycles. The normalized spacial score (nSPS) is 12.3. The molecule has 1 aromatic heterocycles. The third-order valence-corrected chi connectivity index (χ3v) is 7.75. The number of thiazole rings is 1. The average molecular weight is 604 g/mol. The number of aromatic nitrogens is 1. The van der Waals surface area contributed by atoms with E-state index in [-0.39, 0.29) is 36.5 Å². The molecule has 1 amide bonds. The van der Waals surface area contributed by atoms with E-state index in [9.17, 15) is 22.4 Å². The van der Waals surface area contributed by atoms with Gasteiger partial charge in [0.2, 0.25) is 0 Å². The maximum Gasteiger partial charge on any atom is 0.416 e. The molecule has 0 aliphatic heterocycles. The molecule has 43 heavy (non-hydrogen) atoms. The van der Waals surface area contributed by atoms with Gasteiger partial charge in [0.25, 0.3) is 5.91 Å². The SMILES string of the molecule is O=C(N[C@H](Cc1ccccc1)c1ccccc1)c1csc(CN(Cc2ccc(F)cc2)Cc2cccc(C(F)(F)F)c2)n1. The van der Waals surface area contributed by atoms with E-state index in [2.05, 4.69) is 10.3 Å². The van der Waals surface area contributed by atoms with E-state index in [1.165, 1.54) is 29.5 Å². The Morgan fingerprint density at radius 1 is 0.791 bits per heavy atom. The first-order valence-corrected chi connectivity index (χ1v) is 14.6. The molecule has 0 aliphatic rings. The molecule has 5 aromatic rings. The molecule has 0 aliphatic carbocycles. The largest absolute Gasteiger partial charge is 0.416 e. The lowest BCUT2D eigenvalue weighted by Gasteiger charge is -2.22. The number of hydrogen-bond acceptors (Lipinski definition) is 4. The molecule has 0 spiro atoms. The minimum Gasteiger partial charge on any atom is -0.344 e. The molecule has 5 rings (SSSR count). The molecular weight excluding hydrogens is 574 g/mol. The van der Waals surface area contributed by atoms with E-state index < -0.39 is 11.7 Å². The van der Waals surface area contributed by atoms with Gasteiger partial charge in [-0.15, -0.1) is 11.3 Å². The standard InChI is InChI=1S/C34H29F4N3OS/c35-29-16-14-25(15-17-29)20-41(21-26-10-7-13-28(18-26)34(36,37)38)22-32-39-31(23-43-32)33(42)40-30(27-11-5-2-6-12-27)19-24-8-3-1-4-9-24/h1-18,23,30H,19-22H2,(H,40,42)/t30-/m1/s1. The molecule has 0 fully saturated rings. The molecule has 0 radical (unpaired) electrons. The maximum absolute atomic E-state index is 13.5. The predicted octanol–water partition coefficient (Wildman–Crippen LogP) is 8.22. The maximum atomic E-state index is 13.5. The van der Waals surface area contributed by atoms with Crippen molar-refractivity contribution in [2.45, 2.75) is 38.3 Å². The topological polar surface area (TPSA) is 45.2 Å². The van der Waals surface area contributed by atoms with Crippen molar-refractivity contribution in [2.24, 2.45) is 0 Å². The highest BCUT2D eigenvalue weighted by atomic mass is 32.1. The molecule has 0 saturated carbocycles. The minimum absolute atomic E-state index is 0.204. The van der Waals surface area contributed by atoms with Crippen LogP contribution in [-0.4, -0.2) is 15.8 Å². The second kappa shape index (κ2) is 13.8. The monoisotopic (exact) mass is 603 g/mol. The summed E-state index contributed by atoms with van der Waals surface area (Å²) in [6.07, 6.45) is -3.84. The Bertz CT molecular complexity index is 1620. The highest BCUT2D eigenvalue weighted by Crippen LogP contribution is 2.30. The van der Waals surface area contributed by atoms with Gasteiger partial charge in [0.05, 0.1) is 18.2 Å². The van der Waals surface area contributed by atoms with Crippen LogP contribution in [0.2, 0.25) is 0 Å². The summed E-state index contributed by atoms with van der Waals surface area (Å²) < 4.78 is 53.5. The Kier molecular flexibility index (Phi) is 9.64. The van der Waals surface area contributed by atoms with Gasteiger partial charge in [-0.3, -0.25) is 9.69 Å². The van der Waals surface area contributed by atoms with Crippen LogP contribution >= 0.6 is 11.3 Å². The second-order valence-electron chi connectivity index (χ2n) is 10.2. The van der Waals surface area contributed by atoms with E-state index in [1.54, 1.807) is 23.6 Å². The zero-order valence-corrected chi connectivity index (χ0v) is 23.9. The first-order chi connectivity index (χ1) is 20.7. The summed E-state index contributed by atoms with van der Waals surface area (Å²) in [6.45, 7) is 0.845. The Morgan fingerprint density at radius 3 is 2.14 bits per heavy atom. The number of nitrogens with zero attached hydrogens (tertiary/aromatic N) is 2. The van der Waals surface area contributed by atoms with Crippen molar-refractivity contribution in [3.05, 3.63) is 159 Å². The van der Waals surface area contributed by atoms with Gasteiger partial charge in [0.15, 0.2) is 0 Å². The van der Waals surface area contributed by atoms with Crippen LogP contribution in [0.4, 0.5) is 17.6 Å². The van der Waals surface area contributed by atoms with Gasteiger partial charge in [-0.05, 0) is 46.9 Å². The first kappa shape index (κ1) is 30.1. The molecule has 1 atom stereocenters. The molecule has 9 heteroatoms. The van der Waals surface area contributed by atoms with E-state index in [4.69, 9.17) is 0 Å². The molecule has 0 saturated heterocycles. The van der Waals surface area contributed by atoms with Crippen molar-refractivity contribution in [1.29, 1.82) is 0 Å². The molecule has 4 aromatic carbocycles. The summed E-state index contributed by atoms with van der Waals surface area (Å²) >= 11 is 1.31. The molecule has 0 bridgehead atoms. The number of nitrogens with one attached hydrogen (secondary N) is 1. The first-order valence-electron chi connectivity index (χ1n) is 13.7. The van der Waals surface area contributed by atoms with E-state index in [1.807, 2.05) is 65.6 Å². The molecule has 0 unspecified atom stereocenters. The van der Waals surface area contributed by atoms with Crippen LogP contribution in [0, 0.1) is 5.82 Å².